The lowest BCUT2D eigenvalue weighted by atomic mass is 10.0. The van der Waals surface area contributed by atoms with Gasteiger partial charge >= 0.3 is 12.1 Å². The Kier molecular flexibility index (Phi) is 2.81. The summed E-state index contributed by atoms with van der Waals surface area (Å²) in [5.74, 6) is -3.11. The maximum atomic E-state index is 13.1. The average Bonchev–Trinajstić information content (AvgIpc) is 2.09. The van der Waals surface area contributed by atoms with Crippen LogP contribution in [0.25, 0.3) is 0 Å². The van der Waals surface area contributed by atoms with E-state index in [0.29, 0.717) is 0 Å². The van der Waals surface area contributed by atoms with Crippen LogP contribution in [0, 0.1) is 12.7 Å². The fourth-order valence-corrected chi connectivity index (χ4v) is 1.29. The Morgan fingerprint density at radius 2 is 1.94 bits per heavy atom. The van der Waals surface area contributed by atoms with E-state index >= 15 is 0 Å². The number of aromatic carboxylic acids is 1. The van der Waals surface area contributed by atoms with Crippen molar-refractivity contribution in [3.05, 3.63) is 28.6 Å². The SMILES string of the molecule is Cc1c(N)c(C(F)(F)F)cc(F)c1C(=O)O. The summed E-state index contributed by atoms with van der Waals surface area (Å²) < 4.78 is 50.2. The first-order valence-electron chi connectivity index (χ1n) is 4.05. The zero-order valence-electron chi connectivity index (χ0n) is 8.02. The molecule has 0 spiro atoms. The maximum Gasteiger partial charge on any atom is 0.418 e. The molecule has 0 aromatic heterocycles. The number of carbonyl (C=O) groups is 1. The van der Waals surface area contributed by atoms with Crippen molar-refractivity contribution in [2.24, 2.45) is 0 Å². The predicted molar refractivity (Wildman–Crippen MR) is 47.5 cm³/mol. The van der Waals surface area contributed by atoms with Gasteiger partial charge in [0.25, 0.3) is 0 Å². The van der Waals surface area contributed by atoms with Gasteiger partial charge in [-0.05, 0) is 18.6 Å². The number of hydrogen-bond acceptors (Lipinski definition) is 2. The first-order chi connectivity index (χ1) is 7.16. The summed E-state index contributed by atoms with van der Waals surface area (Å²) >= 11 is 0. The number of anilines is 1. The second-order valence-electron chi connectivity index (χ2n) is 3.12. The van der Waals surface area contributed by atoms with Crippen LogP contribution < -0.4 is 5.73 Å². The predicted octanol–water partition coefficient (Wildman–Crippen LogP) is 2.43. The summed E-state index contributed by atoms with van der Waals surface area (Å²) in [6.45, 7) is 1.02. The molecular weight excluding hydrogens is 230 g/mol. The minimum atomic E-state index is -4.81. The molecule has 0 saturated heterocycles. The molecule has 7 heteroatoms. The topological polar surface area (TPSA) is 63.3 Å². The van der Waals surface area contributed by atoms with Gasteiger partial charge in [-0.15, -0.1) is 0 Å². The van der Waals surface area contributed by atoms with Crippen LogP contribution in [0.4, 0.5) is 23.2 Å². The first kappa shape index (κ1) is 12.3. The minimum Gasteiger partial charge on any atom is -0.478 e. The van der Waals surface area contributed by atoms with Crippen LogP contribution in [0.2, 0.25) is 0 Å². The van der Waals surface area contributed by atoms with Gasteiger partial charge in [-0.3, -0.25) is 0 Å². The lowest BCUT2D eigenvalue weighted by Gasteiger charge is -2.14. The minimum absolute atomic E-state index is 0.0891. The van der Waals surface area contributed by atoms with Crippen LogP contribution in [0.15, 0.2) is 6.07 Å². The van der Waals surface area contributed by atoms with Gasteiger partial charge in [-0.1, -0.05) is 0 Å². The smallest absolute Gasteiger partial charge is 0.418 e. The van der Waals surface area contributed by atoms with Gasteiger partial charge in [-0.2, -0.15) is 13.2 Å². The van der Waals surface area contributed by atoms with Crippen LogP contribution >= 0.6 is 0 Å². The van der Waals surface area contributed by atoms with Crippen molar-refractivity contribution in [3.63, 3.8) is 0 Å². The Hall–Kier alpha value is -1.79. The van der Waals surface area contributed by atoms with Crippen molar-refractivity contribution in [2.45, 2.75) is 13.1 Å². The Labute approximate surface area is 87.5 Å². The molecule has 1 rings (SSSR count). The van der Waals surface area contributed by atoms with Crippen LogP contribution in [-0.4, -0.2) is 11.1 Å². The number of nitrogen functional groups attached to an aromatic ring is 1. The summed E-state index contributed by atoms with van der Waals surface area (Å²) in [5, 5.41) is 8.59. The highest BCUT2D eigenvalue weighted by Crippen LogP contribution is 2.37. The normalized spacial score (nSPS) is 11.6. The summed E-state index contributed by atoms with van der Waals surface area (Å²) in [7, 11) is 0. The van der Waals surface area contributed by atoms with Gasteiger partial charge in [0.15, 0.2) is 0 Å². The molecule has 0 fully saturated rings. The van der Waals surface area contributed by atoms with E-state index in [1.807, 2.05) is 0 Å². The van der Waals surface area contributed by atoms with E-state index in [4.69, 9.17) is 10.8 Å². The Morgan fingerprint density at radius 3 is 2.31 bits per heavy atom. The number of carboxylic acid groups (broad SMARTS) is 1. The molecule has 0 amide bonds. The van der Waals surface area contributed by atoms with Crippen LogP contribution in [0.1, 0.15) is 21.5 Å². The van der Waals surface area contributed by atoms with Crippen molar-refractivity contribution < 1.29 is 27.5 Å². The fourth-order valence-electron chi connectivity index (χ4n) is 1.29. The van der Waals surface area contributed by atoms with Crippen molar-refractivity contribution in [1.82, 2.24) is 0 Å². The molecule has 0 heterocycles. The maximum absolute atomic E-state index is 13.1. The van der Waals surface area contributed by atoms with E-state index in [1.165, 1.54) is 0 Å². The molecular formula is C9H7F4NO2. The second kappa shape index (κ2) is 3.66. The molecule has 0 atom stereocenters. The Morgan fingerprint density at radius 1 is 1.44 bits per heavy atom. The number of carboxylic acids is 1. The monoisotopic (exact) mass is 237 g/mol. The highest BCUT2D eigenvalue weighted by molar-refractivity contribution is 5.91. The molecule has 0 aliphatic carbocycles. The zero-order valence-corrected chi connectivity index (χ0v) is 8.02. The highest BCUT2D eigenvalue weighted by atomic mass is 19.4. The molecule has 0 aliphatic heterocycles. The van der Waals surface area contributed by atoms with E-state index in [-0.39, 0.29) is 6.07 Å². The number of rotatable bonds is 1. The molecule has 88 valence electrons. The number of nitrogens with two attached hydrogens (primary N) is 1. The second-order valence-corrected chi connectivity index (χ2v) is 3.12. The van der Waals surface area contributed by atoms with Crippen LogP contribution in [-0.2, 0) is 6.18 Å². The standard InChI is InChI=1S/C9H7F4NO2/c1-3-6(8(15)16)5(10)2-4(7(3)14)9(11,12)13/h2H,14H2,1H3,(H,15,16). The lowest BCUT2D eigenvalue weighted by Crippen LogP contribution is -2.15. The molecule has 3 N–H and O–H groups in total. The van der Waals surface area contributed by atoms with Gasteiger partial charge in [0.1, 0.15) is 11.4 Å². The number of alkyl halides is 3. The highest BCUT2D eigenvalue weighted by Gasteiger charge is 2.35. The van der Waals surface area contributed by atoms with E-state index in [2.05, 4.69) is 0 Å². The van der Waals surface area contributed by atoms with Crippen molar-refractivity contribution in [2.75, 3.05) is 5.73 Å². The summed E-state index contributed by atoms with van der Waals surface area (Å²) in [6, 6.07) is 0.0891. The molecule has 1 aromatic rings. The summed E-state index contributed by atoms with van der Waals surface area (Å²) in [4.78, 5) is 10.6. The fraction of sp³-hybridized carbons (Fsp3) is 0.222. The lowest BCUT2D eigenvalue weighted by molar-refractivity contribution is -0.137. The number of halogens is 4. The van der Waals surface area contributed by atoms with Gasteiger partial charge < -0.3 is 10.8 Å². The Bertz CT molecular complexity index is 454. The van der Waals surface area contributed by atoms with Crippen LogP contribution in [0.3, 0.4) is 0 Å². The van der Waals surface area contributed by atoms with Crippen molar-refractivity contribution >= 4 is 11.7 Å². The average molecular weight is 237 g/mol. The third-order valence-electron chi connectivity index (χ3n) is 2.10. The van der Waals surface area contributed by atoms with Crippen molar-refractivity contribution in [1.29, 1.82) is 0 Å². The van der Waals surface area contributed by atoms with E-state index in [0.717, 1.165) is 6.92 Å². The third-order valence-corrected chi connectivity index (χ3v) is 2.10. The molecule has 1 aromatic carbocycles. The third kappa shape index (κ3) is 1.93. The summed E-state index contributed by atoms with van der Waals surface area (Å²) in [5.41, 5.74) is 1.71. The molecule has 0 unspecified atom stereocenters. The number of benzene rings is 1. The van der Waals surface area contributed by atoms with Crippen LogP contribution in [0.5, 0.6) is 0 Å². The van der Waals surface area contributed by atoms with E-state index in [1.54, 1.807) is 0 Å². The van der Waals surface area contributed by atoms with E-state index < -0.39 is 40.3 Å². The quantitative estimate of drug-likeness (QED) is 0.582. The molecule has 16 heavy (non-hydrogen) atoms. The zero-order chi connectivity index (χ0) is 12.7. The van der Waals surface area contributed by atoms with Crippen molar-refractivity contribution in [3.8, 4) is 0 Å². The largest absolute Gasteiger partial charge is 0.478 e. The Balaban J connectivity index is 3.58. The van der Waals surface area contributed by atoms with Gasteiger partial charge in [0.2, 0.25) is 0 Å². The van der Waals surface area contributed by atoms with E-state index in [9.17, 15) is 22.4 Å². The van der Waals surface area contributed by atoms with Gasteiger partial charge in [-0.25, -0.2) is 9.18 Å². The molecule has 0 aliphatic rings. The molecule has 3 nitrogen and oxygen atoms in total. The first-order valence-corrected chi connectivity index (χ1v) is 4.05. The molecule has 0 bridgehead atoms. The molecule has 0 saturated carbocycles. The van der Waals surface area contributed by atoms with Gasteiger partial charge in [0.05, 0.1) is 5.56 Å². The van der Waals surface area contributed by atoms with Gasteiger partial charge in [0, 0.05) is 5.69 Å². The number of hydrogen-bond donors (Lipinski definition) is 2. The summed E-state index contributed by atoms with van der Waals surface area (Å²) in [6.07, 6.45) is -4.81. The molecule has 0 radical (unpaired) electrons.